The molecule has 0 saturated carbocycles. The number of halogens is 1. The van der Waals surface area contributed by atoms with Gasteiger partial charge in [-0.1, -0.05) is 0 Å². The minimum atomic E-state index is -3.52. The molecule has 0 radical (unpaired) electrons. The maximum atomic E-state index is 11.8. The molecule has 0 unspecified atom stereocenters. The third-order valence-electron chi connectivity index (χ3n) is 2.10. The van der Waals surface area contributed by atoms with Crippen LogP contribution in [-0.4, -0.2) is 25.3 Å². The van der Waals surface area contributed by atoms with E-state index in [9.17, 15) is 18.0 Å². The van der Waals surface area contributed by atoms with Crippen LogP contribution in [0.4, 0.5) is 5.69 Å². The minimum absolute atomic E-state index is 0.0921. The maximum Gasteiger partial charge on any atom is 0.222 e. The molecule has 7 heteroatoms. The van der Waals surface area contributed by atoms with Crippen LogP contribution in [0.15, 0.2) is 29.2 Å². The highest BCUT2D eigenvalue weighted by Gasteiger charge is 2.15. The molecule has 18 heavy (non-hydrogen) atoms. The molecule has 0 bridgehead atoms. The highest BCUT2D eigenvalue weighted by molar-refractivity contribution is 7.91. The quantitative estimate of drug-likeness (QED) is 0.835. The Hall–Kier alpha value is -1.40. The number of anilines is 1. The standard InChI is InChI=1S/C11H12ClNO4S/c1-8(14)13-9-2-4-10(5-3-9)18(16,17)7-6-11(12)15/h2-5H,6-7H2,1H3,(H,13,14). The summed E-state index contributed by atoms with van der Waals surface area (Å²) in [6.07, 6.45) is -0.225. The van der Waals surface area contributed by atoms with Gasteiger partial charge >= 0.3 is 0 Å². The van der Waals surface area contributed by atoms with Gasteiger partial charge in [-0.3, -0.25) is 9.59 Å². The van der Waals surface area contributed by atoms with Gasteiger partial charge < -0.3 is 5.32 Å². The van der Waals surface area contributed by atoms with Crippen molar-refractivity contribution in [3.05, 3.63) is 24.3 Å². The van der Waals surface area contributed by atoms with Crippen molar-refractivity contribution >= 4 is 38.3 Å². The summed E-state index contributed by atoms with van der Waals surface area (Å²) < 4.78 is 23.5. The molecule has 0 aliphatic heterocycles. The summed E-state index contributed by atoms with van der Waals surface area (Å²) >= 11 is 5.10. The number of hydrogen-bond acceptors (Lipinski definition) is 4. The van der Waals surface area contributed by atoms with Crippen LogP contribution in [0.3, 0.4) is 0 Å². The lowest BCUT2D eigenvalue weighted by atomic mass is 10.3. The summed E-state index contributed by atoms with van der Waals surface area (Å²) in [6, 6.07) is 5.71. The Labute approximate surface area is 110 Å². The molecule has 1 aromatic rings. The first-order valence-electron chi connectivity index (χ1n) is 5.10. The van der Waals surface area contributed by atoms with E-state index < -0.39 is 15.1 Å². The number of carbonyl (C=O) groups excluding carboxylic acids is 2. The molecule has 98 valence electrons. The number of amides is 1. The summed E-state index contributed by atoms with van der Waals surface area (Å²) in [5.41, 5.74) is 0.509. The van der Waals surface area contributed by atoms with Crippen LogP contribution in [0.2, 0.25) is 0 Å². The highest BCUT2D eigenvalue weighted by atomic mass is 35.5. The monoisotopic (exact) mass is 289 g/mol. The highest BCUT2D eigenvalue weighted by Crippen LogP contribution is 2.16. The van der Waals surface area contributed by atoms with Crippen LogP contribution in [-0.2, 0) is 19.4 Å². The predicted molar refractivity (Wildman–Crippen MR) is 68.3 cm³/mol. The van der Waals surface area contributed by atoms with Crippen LogP contribution in [0.1, 0.15) is 13.3 Å². The summed E-state index contributed by atoms with van der Waals surface area (Å²) in [5, 5.41) is 1.84. The van der Waals surface area contributed by atoms with Gasteiger partial charge in [0.05, 0.1) is 10.6 Å². The van der Waals surface area contributed by atoms with Crippen molar-refractivity contribution < 1.29 is 18.0 Å². The fourth-order valence-corrected chi connectivity index (χ4v) is 2.73. The molecule has 0 aliphatic rings. The Balaban J connectivity index is 2.84. The van der Waals surface area contributed by atoms with Gasteiger partial charge in [-0.05, 0) is 35.9 Å². The number of sulfone groups is 1. The first kappa shape index (κ1) is 14.7. The topological polar surface area (TPSA) is 80.3 Å². The smallest absolute Gasteiger partial charge is 0.222 e. The normalized spacial score (nSPS) is 11.0. The zero-order valence-electron chi connectivity index (χ0n) is 9.64. The van der Waals surface area contributed by atoms with Crippen molar-refractivity contribution in [2.75, 3.05) is 11.1 Å². The van der Waals surface area contributed by atoms with Gasteiger partial charge in [-0.2, -0.15) is 0 Å². The van der Waals surface area contributed by atoms with Crippen LogP contribution >= 0.6 is 11.6 Å². The largest absolute Gasteiger partial charge is 0.326 e. The molecule has 1 aromatic carbocycles. The van der Waals surface area contributed by atoms with Crippen molar-refractivity contribution in [2.45, 2.75) is 18.2 Å². The van der Waals surface area contributed by atoms with E-state index in [-0.39, 0.29) is 23.0 Å². The molecule has 0 saturated heterocycles. The lowest BCUT2D eigenvalue weighted by Crippen LogP contribution is -2.10. The molecular formula is C11H12ClNO4S. The zero-order chi connectivity index (χ0) is 13.8. The molecule has 0 aromatic heterocycles. The van der Waals surface area contributed by atoms with Crippen LogP contribution in [0.5, 0.6) is 0 Å². The molecule has 0 heterocycles. The van der Waals surface area contributed by atoms with E-state index in [4.69, 9.17) is 11.6 Å². The van der Waals surface area contributed by atoms with E-state index >= 15 is 0 Å². The van der Waals surface area contributed by atoms with Crippen molar-refractivity contribution in [1.82, 2.24) is 0 Å². The Bertz CT molecular complexity index is 551. The molecule has 1 N–H and O–H groups in total. The first-order chi connectivity index (χ1) is 8.31. The van der Waals surface area contributed by atoms with E-state index in [1.807, 2.05) is 0 Å². The molecule has 0 fully saturated rings. The van der Waals surface area contributed by atoms with Crippen molar-refractivity contribution in [3.8, 4) is 0 Å². The maximum absolute atomic E-state index is 11.8. The van der Waals surface area contributed by atoms with Crippen molar-refractivity contribution in [1.29, 1.82) is 0 Å². The lowest BCUT2D eigenvalue weighted by molar-refractivity contribution is -0.114. The summed E-state index contributed by atoms with van der Waals surface area (Å²) in [5.74, 6) is -0.562. The molecular weight excluding hydrogens is 278 g/mol. The van der Waals surface area contributed by atoms with Crippen molar-refractivity contribution in [3.63, 3.8) is 0 Å². The van der Waals surface area contributed by atoms with Crippen LogP contribution in [0.25, 0.3) is 0 Å². The van der Waals surface area contributed by atoms with Gasteiger partial charge in [0.15, 0.2) is 9.84 Å². The van der Waals surface area contributed by atoms with E-state index in [2.05, 4.69) is 5.32 Å². The fraction of sp³-hybridized carbons (Fsp3) is 0.273. The molecule has 0 atom stereocenters. The predicted octanol–water partition coefficient (Wildman–Crippen LogP) is 1.57. The number of benzene rings is 1. The van der Waals surface area contributed by atoms with Gasteiger partial charge in [0.2, 0.25) is 11.1 Å². The Morgan fingerprint density at radius 1 is 1.22 bits per heavy atom. The second kappa shape index (κ2) is 5.97. The third-order valence-corrected chi connectivity index (χ3v) is 4.02. The SMILES string of the molecule is CC(=O)Nc1ccc(S(=O)(=O)CCC(=O)Cl)cc1. The van der Waals surface area contributed by atoms with Gasteiger partial charge in [-0.15, -0.1) is 0 Å². The van der Waals surface area contributed by atoms with Gasteiger partial charge in [-0.25, -0.2) is 8.42 Å². The Morgan fingerprint density at radius 2 is 1.78 bits per heavy atom. The number of nitrogens with one attached hydrogen (secondary N) is 1. The number of carbonyl (C=O) groups is 2. The van der Waals surface area contributed by atoms with Gasteiger partial charge in [0.1, 0.15) is 0 Å². The molecule has 0 spiro atoms. The molecule has 1 rings (SSSR count). The Kier molecular flexibility index (Phi) is 4.86. The van der Waals surface area contributed by atoms with Crippen LogP contribution in [0, 0.1) is 0 Å². The molecule has 0 aliphatic carbocycles. The second-order valence-electron chi connectivity index (χ2n) is 3.63. The minimum Gasteiger partial charge on any atom is -0.326 e. The first-order valence-corrected chi connectivity index (χ1v) is 7.13. The summed E-state index contributed by atoms with van der Waals surface area (Å²) in [6.45, 7) is 1.36. The number of hydrogen-bond donors (Lipinski definition) is 1. The molecule has 1 amide bonds. The van der Waals surface area contributed by atoms with Crippen molar-refractivity contribution in [2.24, 2.45) is 0 Å². The van der Waals surface area contributed by atoms with Gasteiger partial charge in [0.25, 0.3) is 0 Å². The summed E-state index contributed by atoms with van der Waals surface area (Å²) in [4.78, 5) is 21.4. The average Bonchev–Trinajstić information content (AvgIpc) is 2.26. The zero-order valence-corrected chi connectivity index (χ0v) is 11.2. The van der Waals surface area contributed by atoms with E-state index in [1.54, 1.807) is 0 Å². The third kappa shape index (κ3) is 4.46. The average molecular weight is 290 g/mol. The second-order valence-corrected chi connectivity index (χ2v) is 6.16. The van der Waals surface area contributed by atoms with Crippen LogP contribution < -0.4 is 5.32 Å². The number of rotatable bonds is 5. The fourth-order valence-electron chi connectivity index (χ4n) is 1.28. The summed E-state index contributed by atoms with van der Waals surface area (Å²) in [7, 11) is -3.52. The lowest BCUT2D eigenvalue weighted by Gasteiger charge is -2.05. The van der Waals surface area contributed by atoms with E-state index in [0.717, 1.165) is 0 Å². The van der Waals surface area contributed by atoms with E-state index in [1.165, 1.54) is 31.2 Å². The van der Waals surface area contributed by atoms with Gasteiger partial charge in [0, 0.05) is 19.0 Å². The molecule has 5 nitrogen and oxygen atoms in total. The Morgan fingerprint density at radius 3 is 2.22 bits per heavy atom. The van der Waals surface area contributed by atoms with E-state index in [0.29, 0.717) is 5.69 Å².